The van der Waals surface area contributed by atoms with E-state index in [-0.39, 0.29) is 18.4 Å². The first-order valence-electron chi connectivity index (χ1n) is 6.09. The van der Waals surface area contributed by atoms with Gasteiger partial charge in [-0.25, -0.2) is 0 Å². The molecular weight excluding hydrogens is 190 g/mol. The summed E-state index contributed by atoms with van der Waals surface area (Å²) in [6.07, 6.45) is 4.46. The summed E-state index contributed by atoms with van der Waals surface area (Å²) in [7, 11) is 0. The third-order valence-corrected chi connectivity index (χ3v) is 4.05. The van der Waals surface area contributed by atoms with E-state index >= 15 is 0 Å². The monoisotopic (exact) mass is 211 g/mol. The molecule has 1 amide bonds. The van der Waals surface area contributed by atoms with Crippen LogP contribution < -0.4 is 0 Å². The Morgan fingerprint density at radius 1 is 1.47 bits per heavy atom. The third-order valence-electron chi connectivity index (χ3n) is 4.05. The van der Waals surface area contributed by atoms with Crippen molar-refractivity contribution in [3.63, 3.8) is 0 Å². The van der Waals surface area contributed by atoms with E-state index < -0.39 is 0 Å². The number of likely N-dealkylation sites (tertiary alicyclic amines) is 1. The predicted molar refractivity (Wildman–Crippen MR) is 58.3 cm³/mol. The first kappa shape index (κ1) is 10.9. The molecule has 0 bridgehead atoms. The van der Waals surface area contributed by atoms with Crippen LogP contribution in [0.1, 0.15) is 32.6 Å². The minimum absolute atomic E-state index is 0.155. The van der Waals surface area contributed by atoms with Crippen LogP contribution in [0.4, 0.5) is 0 Å². The molecule has 3 nitrogen and oxygen atoms in total. The van der Waals surface area contributed by atoms with E-state index in [1.54, 1.807) is 0 Å². The zero-order valence-corrected chi connectivity index (χ0v) is 9.48. The van der Waals surface area contributed by atoms with Gasteiger partial charge < -0.3 is 10.0 Å². The van der Waals surface area contributed by atoms with Gasteiger partial charge in [-0.3, -0.25) is 4.79 Å². The molecule has 0 aromatic rings. The van der Waals surface area contributed by atoms with Gasteiger partial charge in [0.15, 0.2) is 0 Å². The summed E-state index contributed by atoms with van der Waals surface area (Å²) in [4.78, 5) is 13.6. The van der Waals surface area contributed by atoms with Crippen molar-refractivity contribution in [2.24, 2.45) is 17.8 Å². The fraction of sp³-hybridized carbons (Fsp3) is 0.917. The first-order chi connectivity index (χ1) is 7.20. The summed E-state index contributed by atoms with van der Waals surface area (Å²) in [5.41, 5.74) is 0. The van der Waals surface area contributed by atoms with E-state index in [1.165, 1.54) is 19.3 Å². The van der Waals surface area contributed by atoms with Crippen LogP contribution in [0, 0.1) is 17.8 Å². The van der Waals surface area contributed by atoms with Gasteiger partial charge in [0.1, 0.15) is 0 Å². The predicted octanol–water partition coefficient (Wildman–Crippen LogP) is 1.26. The van der Waals surface area contributed by atoms with Crippen molar-refractivity contribution >= 4 is 5.91 Å². The van der Waals surface area contributed by atoms with Gasteiger partial charge in [0, 0.05) is 32.0 Å². The Kier molecular flexibility index (Phi) is 3.29. The molecule has 1 saturated carbocycles. The lowest BCUT2D eigenvalue weighted by molar-refractivity contribution is -0.128. The van der Waals surface area contributed by atoms with Crippen LogP contribution in [-0.4, -0.2) is 35.6 Å². The molecule has 0 aromatic carbocycles. The van der Waals surface area contributed by atoms with Crippen LogP contribution in [0.2, 0.25) is 0 Å². The molecular formula is C12H21NO2. The summed E-state index contributed by atoms with van der Waals surface area (Å²) in [6.45, 7) is 4.15. The van der Waals surface area contributed by atoms with E-state index in [0.717, 1.165) is 19.0 Å². The maximum absolute atomic E-state index is 11.7. The highest BCUT2D eigenvalue weighted by Gasteiger charge is 2.33. The Bertz CT molecular complexity index is 242. The van der Waals surface area contributed by atoms with E-state index in [1.807, 2.05) is 4.90 Å². The molecule has 0 spiro atoms. The number of hydrogen-bond acceptors (Lipinski definition) is 2. The number of aliphatic hydroxyl groups is 1. The zero-order chi connectivity index (χ0) is 10.8. The summed E-state index contributed by atoms with van der Waals surface area (Å²) in [5, 5.41) is 9.04. The molecule has 3 atom stereocenters. The number of carbonyl (C=O) groups is 1. The average molecular weight is 211 g/mol. The van der Waals surface area contributed by atoms with Crippen molar-refractivity contribution in [2.75, 3.05) is 19.7 Å². The second-order valence-electron chi connectivity index (χ2n) is 5.22. The van der Waals surface area contributed by atoms with Crippen LogP contribution in [0.3, 0.4) is 0 Å². The molecule has 1 heterocycles. The Morgan fingerprint density at radius 3 is 2.80 bits per heavy atom. The van der Waals surface area contributed by atoms with E-state index in [0.29, 0.717) is 12.3 Å². The van der Waals surface area contributed by atoms with Crippen molar-refractivity contribution in [3.05, 3.63) is 0 Å². The molecule has 3 unspecified atom stereocenters. The van der Waals surface area contributed by atoms with Gasteiger partial charge >= 0.3 is 0 Å². The topological polar surface area (TPSA) is 40.5 Å². The smallest absolute Gasteiger partial charge is 0.223 e. The van der Waals surface area contributed by atoms with Crippen LogP contribution in [0.25, 0.3) is 0 Å². The number of carbonyl (C=O) groups excluding carboxylic acids is 1. The molecule has 3 heteroatoms. The maximum Gasteiger partial charge on any atom is 0.223 e. The van der Waals surface area contributed by atoms with Gasteiger partial charge in [-0.1, -0.05) is 19.8 Å². The lowest BCUT2D eigenvalue weighted by Gasteiger charge is -2.23. The van der Waals surface area contributed by atoms with Gasteiger partial charge in [0.2, 0.25) is 5.91 Å². The quantitative estimate of drug-likeness (QED) is 0.763. The Labute approximate surface area is 91.5 Å². The van der Waals surface area contributed by atoms with Crippen molar-refractivity contribution in [1.82, 2.24) is 4.90 Å². The van der Waals surface area contributed by atoms with E-state index in [2.05, 4.69) is 6.92 Å². The lowest BCUT2D eigenvalue weighted by Crippen LogP contribution is -2.32. The molecule has 1 N–H and O–H groups in total. The Hall–Kier alpha value is -0.570. The summed E-state index contributed by atoms with van der Waals surface area (Å²) >= 11 is 0. The summed E-state index contributed by atoms with van der Waals surface area (Å²) in [5.74, 6) is 1.90. The average Bonchev–Trinajstić information content (AvgIpc) is 2.76. The number of nitrogens with zero attached hydrogens (tertiary/aromatic N) is 1. The van der Waals surface area contributed by atoms with Gasteiger partial charge in [-0.2, -0.15) is 0 Å². The van der Waals surface area contributed by atoms with E-state index in [9.17, 15) is 4.79 Å². The molecule has 2 rings (SSSR count). The normalized spacial score (nSPS) is 36.5. The number of aliphatic hydroxyl groups excluding tert-OH is 1. The highest BCUT2D eigenvalue weighted by atomic mass is 16.3. The van der Waals surface area contributed by atoms with Gasteiger partial charge in [-0.15, -0.1) is 0 Å². The van der Waals surface area contributed by atoms with Gasteiger partial charge in [0.25, 0.3) is 0 Å². The first-order valence-corrected chi connectivity index (χ1v) is 6.09. The molecule has 15 heavy (non-hydrogen) atoms. The third kappa shape index (κ3) is 2.33. The van der Waals surface area contributed by atoms with Crippen LogP contribution in [-0.2, 0) is 4.79 Å². The van der Waals surface area contributed by atoms with Crippen LogP contribution in [0.5, 0.6) is 0 Å². The summed E-state index contributed by atoms with van der Waals surface area (Å²) < 4.78 is 0. The maximum atomic E-state index is 11.7. The highest BCUT2D eigenvalue weighted by Crippen LogP contribution is 2.33. The second-order valence-corrected chi connectivity index (χ2v) is 5.22. The lowest BCUT2D eigenvalue weighted by atomic mass is 9.98. The van der Waals surface area contributed by atoms with Crippen LogP contribution >= 0.6 is 0 Å². The van der Waals surface area contributed by atoms with Crippen molar-refractivity contribution in [3.8, 4) is 0 Å². The fourth-order valence-electron chi connectivity index (χ4n) is 2.93. The molecule has 0 aromatic heterocycles. The van der Waals surface area contributed by atoms with Crippen molar-refractivity contribution in [2.45, 2.75) is 32.6 Å². The second kappa shape index (κ2) is 4.52. The van der Waals surface area contributed by atoms with Crippen molar-refractivity contribution in [1.29, 1.82) is 0 Å². The SMILES string of the molecule is CC1CCCC1CN1CC(CO)CC1=O. The number of amides is 1. The molecule has 1 aliphatic heterocycles. The molecule has 1 saturated heterocycles. The minimum Gasteiger partial charge on any atom is -0.396 e. The van der Waals surface area contributed by atoms with Crippen molar-refractivity contribution < 1.29 is 9.90 Å². The Balaban J connectivity index is 1.86. The fourth-order valence-corrected chi connectivity index (χ4v) is 2.93. The van der Waals surface area contributed by atoms with Gasteiger partial charge in [0.05, 0.1) is 0 Å². The molecule has 1 aliphatic carbocycles. The summed E-state index contributed by atoms with van der Waals surface area (Å²) in [6, 6.07) is 0. The highest BCUT2D eigenvalue weighted by molar-refractivity contribution is 5.78. The Morgan fingerprint density at radius 2 is 2.27 bits per heavy atom. The molecule has 0 radical (unpaired) electrons. The number of hydrogen-bond donors (Lipinski definition) is 1. The molecule has 2 aliphatic rings. The molecule has 2 fully saturated rings. The van der Waals surface area contributed by atoms with Crippen LogP contribution in [0.15, 0.2) is 0 Å². The van der Waals surface area contributed by atoms with Gasteiger partial charge in [-0.05, 0) is 18.3 Å². The minimum atomic E-state index is 0.155. The van der Waals surface area contributed by atoms with E-state index in [4.69, 9.17) is 5.11 Å². The number of rotatable bonds is 3. The largest absolute Gasteiger partial charge is 0.396 e. The zero-order valence-electron chi connectivity index (χ0n) is 9.48. The molecule has 86 valence electrons. The standard InChI is InChI=1S/C12H21NO2/c1-9-3-2-4-11(9)7-13-6-10(8-14)5-12(13)15/h9-11,14H,2-8H2,1H3.